The molecule has 2 aromatic carbocycles. The molecule has 0 aliphatic heterocycles. The van der Waals surface area contributed by atoms with E-state index < -0.39 is 21.3 Å². The Hall–Kier alpha value is -1.92. The van der Waals surface area contributed by atoms with Crippen LogP contribution in [0.2, 0.25) is 5.02 Å². The number of hydrogen-bond donors (Lipinski definition) is 2. The van der Waals surface area contributed by atoms with Crippen molar-refractivity contribution in [1.29, 1.82) is 0 Å². The van der Waals surface area contributed by atoms with Gasteiger partial charge in [-0.15, -0.1) is 0 Å². The summed E-state index contributed by atoms with van der Waals surface area (Å²) in [7, 11) is -2.50. The van der Waals surface area contributed by atoms with Gasteiger partial charge in [-0.05, 0) is 18.2 Å². The monoisotopic (exact) mass is 314 g/mol. The van der Waals surface area contributed by atoms with Crippen LogP contribution >= 0.6 is 11.6 Å². The maximum absolute atomic E-state index is 12.5. The van der Waals surface area contributed by atoms with Gasteiger partial charge in [-0.1, -0.05) is 17.7 Å². The van der Waals surface area contributed by atoms with Crippen molar-refractivity contribution >= 4 is 21.4 Å². The third-order valence-corrected chi connectivity index (χ3v) is 4.89. The molecule has 0 bridgehead atoms. The predicted octanol–water partition coefficient (Wildman–Crippen LogP) is 2.59. The molecule has 0 fully saturated rings. The van der Waals surface area contributed by atoms with E-state index in [-0.39, 0.29) is 14.8 Å². The van der Waals surface area contributed by atoms with Gasteiger partial charge in [0, 0.05) is 12.1 Å². The van der Waals surface area contributed by atoms with E-state index >= 15 is 0 Å². The van der Waals surface area contributed by atoms with Gasteiger partial charge >= 0.3 is 0 Å². The Morgan fingerprint density at radius 2 is 1.75 bits per heavy atom. The van der Waals surface area contributed by atoms with Crippen LogP contribution in [-0.2, 0) is 9.84 Å². The lowest BCUT2D eigenvalue weighted by Gasteiger charge is -2.09. The van der Waals surface area contributed by atoms with E-state index in [1.807, 2.05) is 0 Å². The highest BCUT2D eigenvalue weighted by atomic mass is 35.5. The minimum Gasteiger partial charge on any atom is -0.504 e. The van der Waals surface area contributed by atoms with Gasteiger partial charge in [0.05, 0.1) is 21.9 Å². The maximum Gasteiger partial charge on any atom is 0.208 e. The van der Waals surface area contributed by atoms with Gasteiger partial charge in [0.2, 0.25) is 9.84 Å². The first kappa shape index (κ1) is 14.5. The molecule has 2 rings (SSSR count). The van der Waals surface area contributed by atoms with Crippen molar-refractivity contribution in [2.75, 3.05) is 7.11 Å². The Balaban J connectivity index is 2.63. The lowest BCUT2D eigenvalue weighted by Crippen LogP contribution is -2.03. The first-order chi connectivity index (χ1) is 9.36. The molecule has 2 N–H and O–H groups in total. The molecule has 0 atom stereocenters. The van der Waals surface area contributed by atoms with E-state index in [9.17, 15) is 18.6 Å². The topological polar surface area (TPSA) is 83.8 Å². The molecule has 5 nitrogen and oxygen atoms in total. The molecule has 2 aromatic rings. The fraction of sp³-hybridized carbons (Fsp3) is 0.0769. The van der Waals surface area contributed by atoms with E-state index in [4.69, 9.17) is 16.3 Å². The minimum atomic E-state index is -3.92. The molecule has 0 saturated carbocycles. The molecule has 0 radical (unpaired) electrons. The summed E-state index contributed by atoms with van der Waals surface area (Å²) in [5.74, 6) is -0.666. The Kier molecular flexibility index (Phi) is 3.78. The van der Waals surface area contributed by atoms with Gasteiger partial charge < -0.3 is 14.9 Å². The third-order valence-electron chi connectivity index (χ3n) is 2.67. The largest absolute Gasteiger partial charge is 0.504 e. The number of phenolic OH excluding ortho intramolecular Hbond substituents is 2. The van der Waals surface area contributed by atoms with E-state index in [2.05, 4.69) is 0 Å². The van der Waals surface area contributed by atoms with Crippen LogP contribution in [0, 0.1) is 0 Å². The number of ether oxygens (including phenoxy) is 1. The molecule has 0 aliphatic rings. The molecule has 7 heteroatoms. The normalized spacial score (nSPS) is 11.3. The highest BCUT2D eigenvalue weighted by Crippen LogP contribution is 2.36. The molecule has 0 saturated heterocycles. The molecule has 106 valence electrons. The molecular formula is C13H11ClO5S. The average Bonchev–Trinajstić information content (AvgIpc) is 2.42. The van der Waals surface area contributed by atoms with Crippen LogP contribution in [0.4, 0.5) is 0 Å². The molecule has 0 heterocycles. The van der Waals surface area contributed by atoms with Crippen LogP contribution in [-0.4, -0.2) is 25.7 Å². The molecular weight excluding hydrogens is 304 g/mol. The summed E-state index contributed by atoms with van der Waals surface area (Å²) in [5, 5.41) is 18.6. The van der Waals surface area contributed by atoms with Crippen molar-refractivity contribution in [3.63, 3.8) is 0 Å². The zero-order valence-corrected chi connectivity index (χ0v) is 11.9. The summed E-state index contributed by atoms with van der Waals surface area (Å²) in [6.45, 7) is 0. The highest BCUT2D eigenvalue weighted by molar-refractivity contribution is 7.91. The quantitative estimate of drug-likeness (QED) is 0.851. The third kappa shape index (κ3) is 2.52. The number of phenols is 2. The number of halogens is 1. The van der Waals surface area contributed by atoms with Gasteiger partial charge in [-0.2, -0.15) is 0 Å². The summed E-state index contributed by atoms with van der Waals surface area (Å²) in [4.78, 5) is -0.313. The Morgan fingerprint density at radius 3 is 2.40 bits per heavy atom. The van der Waals surface area contributed by atoms with Gasteiger partial charge in [0.1, 0.15) is 5.75 Å². The van der Waals surface area contributed by atoms with Crippen molar-refractivity contribution in [3.8, 4) is 17.2 Å². The van der Waals surface area contributed by atoms with Crippen molar-refractivity contribution in [2.45, 2.75) is 9.79 Å². The second-order valence-corrected chi connectivity index (χ2v) is 6.28. The number of rotatable bonds is 3. The molecule has 0 amide bonds. The second-order valence-electron chi connectivity index (χ2n) is 3.95. The van der Waals surface area contributed by atoms with Gasteiger partial charge in [0.25, 0.3) is 0 Å². The Bertz CT molecular complexity index is 755. The summed E-state index contributed by atoms with van der Waals surface area (Å²) >= 11 is 5.83. The van der Waals surface area contributed by atoms with Crippen LogP contribution in [0.1, 0.15) is 0 Å². The molecule has 20 heavy (non-hydrogen) atoms. The van der Waals surface area contributed by atoms with Crippen LogP contribution in [0.15, 0.2) is 46.2 Å². The first-order valence-electron chi connectivity index (χ1n) is 5.47. The smallest absolute Gasteiger partial charge is 0.208 e. The SMILES string of the molecule is COc1cccc(S(=O)(=O)c2cc(O)c(O)cc2Cl)c1. The summed E-state index contributed by atoms with van der Waals surface area (Å²) in [6, 6.07) is 7.75. The van der Waals surface area contributed by atoms with Crippen LogP contribution in [0.3, 0.4) is 0 Å². The van der Waals surface area contributed by atoms with Crippen LogP contribution in [0.5, 0.6) is 17.2 Å². The molecule has 0 spiro atoms. The van der Waals surface area contributed by atoms with Gasteiger partial charge in [-0.3, -0.25) is 0 Å². The number of methoxy groups -OCH3 is 1. The molecule has 0 aromatic heterocycles. The fourth-order valence-electron chi connectivity index (χ4n) is 1.63. The van der Waals surface area contributed by atoms with Gasteiger partial charge in [-0.25, -0.2) is 8.42 Å². The first-order valence-corrected chi connectivity index (χ1v) is 7.33. The van der Waals surface area contributed by atoms with Crippen LogP contribution < -0.4 is 4.74 Å². The van der Waals surface area contributed by atoms with E-state index in [0.29, 0.717) is 5.75 Å². The number of aromatic hydroxyl groups is 2. The van der Waals surface area contributed by atoms with Crippen LogP contribution in [0.25, 0.3) is 0 Å². The standard InChI is InChI=1S/C13H11ClO5S/c1-19-8-3-2-4-9(5-8)20(17,18)13-7-12(16)11(15)6-10(13)14/h2-7,15-16H,1H3. The highest BCUT2D eigenvalue weighted by Gasteiger charge is 2.23. The van der Waals surface area contributed by atoms with E-state index in [1.54, 1.807) is 6.07 Å². The van der Waals surface area contributed by atoms with Crippen molar-refractivity contribution < 1.29 is 23.4 Å². The van der Waals surface area contributed by atoms with Crippen molar-refractivity contribution in [2.24, 2.45) is 0 Å². The van der Waals surface area contributed by atoms with E-state index in [1.165, 1.54) is 25.3 Å². The zero-order valence-electron chi connectivity index (χ0n) is 10.4. The lowest BCUT2D eigenvalue weighted by molar-refractivity contribution is 0.402. The number of sulfone groups is 1. The van der Waals surface area contributed by atoms with E-state index in [0.717, 1.165) is 12.1 Å². The average molecular weight is 315 g/mol. The number of hydrogen-bond acceptors (Lipinski definition) is 5. The Morgan fingerprint density at radius 1 is 1.10 bits per heavy atom. The molecule has 0 unspecified atom stereocenters. The predicted molar refractivity (Wildman–Crippen MR) is 73.2 cm³/mol. The summed E-state index contributed by atoms with van der Waals surface area (Å²) < 4.78 is 29.9. The van der Waals surface area contributed by atoms with Gasteiger partial charge in [0.15, 0.2) is 11.5 Å². The fourth-order valence-corrected chi connectivity index (χ4v) is 3.46. The Labute approximate surface area is 120 Å². The summed E-state index contributed by atoms with van der Waals surface area (Å²) in [6.07, 6.45) is 0. The number of benzene rings is 2. The minimum absolute atomic E-state index is 0.0242. The second kappa shape index (κ2) is 5.22. The van der Waals surface area contributed by atoms with Crippen molar-refractivity contribution in [1.82, 2.24) is 0 Å². The summed E-state index contributed by atoms with van der Waals surface area (Å²) in [5.41, 5.74) is 0. The lowest BCUT2D eigenvalue weighted by atomic mass is 10.3. The molecule has 0 aliphatic carbocycles. The maximum atomic E-state index is 12.5. The zero-order chi connectivity index (χ0) is 14.9. The van der Waals surface area contributed by atoms with Crippen molar-refractivity contribution in [3.05, 3.63) is 41.4 Å².